The van der Waals surface area contributed by atoms with E-state index in [4.69, 9.17) is 11.6 Å². The van der Waals surface area contributed by atoms with Gasteiger partial charge >= 0.3 is 0 Å². The minimum atomic E-state index is 0.935. The minimum Gasteiger partial charge on any atom is -0.301 e. The van der Waals surface area contributed by atoms with Gasteiger partial charge in [-0.1, -0.05) is 91.5 Å². The summed E-state index contributed by atoms with van der Waals surface area (Å²) in [6, 6.07) is 12.6. The molecule has 1 aromatic carbocycles. The van der Waals surface area contributed by atoms with Crippen LogP contribution >= 0.6 is 22.9 Å². The van der Waals surface area contributed by atoms with Gasteiger partial charge in [-0.15, -0.1) is 11.3 Å². The SMILES string of the molecule is C/C=C\C.C1=Cc2c(cncc2-c2ccccc2)CC1.C=CC=C.CN1CCc2cc(Cl)sc2C1. The van der Waals surface area contributed by atoms with E-state index in [1.807, 2.05) is 44.5 Å². The summed E-state index contributed by atoms with van der Waals surface area (Å²) in [6.45, 7) is 13.0. The molecule has 184 valence electrons. The molecule has 0 N–H and O–H groups in total. The van der Waals surface area contributed by atoms with Crippen LogP contribution in [-0.2, 0) is 19.4 Å². The number of likely N-dealkylation sites (N-methyl/N-ethyl adjacent to an activating group) is 1. The van der Waals surface area contributed by atoms with Crippen LogP contribution in [0.2, 0.25) is 4.34 Å². The molecule has 0 saturated heterocycles. The maximum Gasteiger partial charge on any atom is 0.0934 e. The molecule has 1 aliphatic heterocycles. The molecule has 0 amide bonds. The highest BCUT2D eigenvalue weighted by molar-refractivity contribution is 7.16. The van der Waals surface area contributed by atoms with E-state index in [2.05, 4.69) is 72.6 Å². The Hall–Kier alpha value is -2.72. The van der Waals surface area contributed by atoms with Crippen molar-refractivity contribution < 1.29 is 0 Å². The van der Waals surface area contributed by atoms with Gasteiger partial charge in [0.1, 0.15) is 0 Å². The number of aromatic nitrogens is 1. The molecule has 3 aromatic rings. The Morgan fingerprint density at radius 2 is 1.71 bits per heavy atom. The first-order chi connectivity index (χ1) is 17.0. The molecule has 2 aromatic heterocycles. The number of hydrogen-bond acceptors (Lipinski definition) is 3. The van der Waals surface area contributed by atoms with Crippen LogP contribution in [0.4, 0.5) is 0 Å². The number of fused-ring (bicyclic) bond motifs is 2. The van der Waals surface area contributed by atoms with Crippen molar-refractivity contribution in [2.75, 3.05) is 13.6 Å². The fourth-order valence-electron chi connectivity index (χ4n) is 3.61. The number of rotatable bonds is 2. The topological polar surface area (TPSA) is 16.1 Å². The number of hydrogen-bond donors (Lipinski definition) is 0. The average Bonchev–Trinajstić information content (AvgIpc) is 3.28. The van der Waals surface area contributed by atoms with Crippen molar-refractivity contribution in [1.29, 1.82) is 0 Å². The third kappa shape index (κ3) is 9.45. The Labute approximate surface area is 221 Å². The zero-order chi connectivity index (χ0) is 25.5. The van der Waals surface area contributed by atoms with Crippen molar-refractivity contribution in [2.45, 2.75) is 39.7 Å². The van der Waals surface area contributed by atoms with Crippen LogP contribution in [0.1, 0.15) is 41.8 Å². The van der Waals surface area contributed by atoms with Crippen LogP contribution < -0.4 is 0 Å². The molecule has 35 heavy (non-hydrogen) atoms. The van der Waals surface area contributed by atoms with Crippen molar-refractivity contribution >= 4 is 29.0 Å². The van der Waals surface area contributed by atoms with Gasteiger partial charge in [0.2, 0.25) is 0 Å². The van der Waals surface area contributed by atoms with Crippen molar-refractivity contribution in [3.05, 3.63) is 118 Å². The summed E-state index contributed by atoms with van der Waals surface area (Å²) in [5.74, 6) is 0. The van der Waals surface area contributed by atoms with Crippen molar-refractivity contribution in [1.82, 2.24) is 9.88 Å². The molecule has 0 fully saturated rings. The Morgan fingerprint density at radius 1 is 1.00 bits per heavy atom. The van der Waals surface area contributed by atoms with Gasteiger partial charge < -0.3 is 4.90 Å². The Balaban J connectivity index is 0.000000197. The fourth-order valence-corrected chi connectivity index (χ4v) is 5.03. The predicted molar refractivity (Wildman–Crippen MR) is 157 cm³/mol. The van der Waals surface area contributed by atoms with E-state index in [9.17, 15) is 0 Å². The van der Waals surface area contributed by atoms with Gasteiger partial charge in [-0.25, -0.2) is 0 Å². The maximum absolute atomic E-state index is 5.90. The summed E-state index contributed by atoms with van der Waals surface area (Å²) in [4.78, 5) is 8.12. The molecule has 2 nitrogen and oxygen atoms in total. The van der Waals surface area contributed by atoms with E-state index < -0.39 is 0 Å². The van der Waals surface area contributed by atoms with Gasteiger partial charge in [-0.2, -0.15) is 0 Å². The van der Waals surface area contributed by atoms with E-state index in [1.165, 1.54) is 39.2 Å². The normalized spacial score (nSPS) is 13.6. The second-order valence-corrected chi connectivity index (χ2v) is 9.96. The first kappa shape index (κ1) is 28.5. The van der Waals surface area contributed by atoms with E-state index in [0.29, 0.717) is 0 Å². The lowest BCUT2D eigenvalue weighted by Crippen LogP contribution is -2.24. The Morgan fingerprint density at radius 3 is 2.37 bits per heavy atom. The van der Waals surface area contributed by atoms with Crippen LogP contribution in [0, 0.1) is 0 Å². The molecule has 0 spiro atoms. The second kappa shape index (κ2) is 16.0. The summed E-state index contributed by atoms with van der Waals surface area (Å²) in [5.41, 5.74) is 6.65. The number of halogens is 1. The van der Waals surface area contributed by atoms with Crippen LogP contribution in [0.15, 0.2) is 92.3 Å². The lowest BCUT2D eigenvalue weighted by Gasteiger charge is -2.21. The number of nitrogens with zero attached hydrogens (tertiary/aromatic N) is 2. The Bertz CT molecular complexity index is 1100. The first-order valence-electron chi connectivity index (χ1n) is 12.0. The number of benzene rings is 1. The number of allylic oxidation sites excluding steroid dienone is 5. The molecule has 4 heteroatoms. The third-order valence-corrected chi connectivity index (χ3v) is 6.85. The number of aryl methyl sites for hydroxylation is 1. The summed E-state index contributed by atoms with van der Waals surface area (Å²) >= 11 is 7.62. The molecular weight excluding hydrogens is 468 g/mol. The van der Waals surface area contributed by atoms with Gasteiger partial charge in [0, 0.05) is 35.9 Å². The third-order valence-electron chi connectivity index (χ3n) is 5.56. The second-order valence-electron chi connectivity index (χ2n) is 8.19. The fraction of sp³-hybridized carbons (Fsp3) is 0.258. The summed E-state index contributed by atoms with van der Waals surface area (Å²) < 4.78 is 0.935. The molecular formula is C31H37ClN2S. The lowest BCUT2D eigenvalue weighted by atomic mass is 9.92. The molecule has 0 atom stereocenters. The van der Waals surface area contributed by atoms with Crippen LogP contribution in [0.3, 0.4) is 0 Å². The zero-order valence-corrected chi connectivity index (χ0v) is 22.8. The maximum atomic E-state index is 5.90. The highest BCUT2D eigenvalue weighted by Crippen LogP contribution is 2.31. The largest absolute Gasteiger partial charge is 0.301 e. The molecule has 1 aliphatic carbocycles. The van der Waals surface area contributed by atoms with E-state index in [-0.39, 0.29) is 0 Å². The molecule has 3 heterocycles. The molecule has 0 bridgehead atoms. The minimum absolute atomic E-state index is 0.935. The molecule has 2 aliphatic rings. The summed E-state index contributed by atoms with van der Waals surface area (Å²) in [6.07, 6.45) is 19.1. The average molecular weight is 505 g/mol. The standard InChI is InChI=1S/C15H13N.C8H10ClNS.C4H8.C4H6/c1-2-6-12(7-3-1)15-11-16-10-13-8-4-5-9-14(13)15;1-10-3-2-6-4-8(9)11-7(6)5-10;2*1-3-4-2/h1-3,5-7,9-11H,4,8H2;4H,2-3,5H2,1H3;3-4H,1-2H3;3-4H,1-2H2/b;;4-3-;. The summed E-state index contributed by atoms with van der Waals surface area (Å²) in [5, 5.41) is 0. The Kier molecular flexibility index (Phi) is 13.1. The number of pyridine rings is 1. The monoisotopic (exact) mass is 504 g/mol. The number of thiophene rings is 1. The van der Waals surface area contributed by atoms with E-state index in [1.54, 1.807) is 23.5 Å². The van der Waals surface area contributed by atoms with Gasteiger partial charge in [-0.05, 0) is 68.5 Å². The quantitative estimate of drug-likeness (QED) is 0.255. The molecule has 0 saturated carbocycles. The van der Waals surface area contributed by atoms with Crippen molar-refractivity contribution in [3.63, 3.8) is 0 Å². The van der Waals surface area contributed by atoms with E-state index in [0.717, 1.165) is 30.1 Å². The van der Waals surface area contributed by atoms with Crippen molar-refractivity contribution in [2.24, 2.45) is 0 Å². The van der Waals surface area contributed by atoms with Crippen molar-refractivity contribution in [3.8, 4) is 11.1 Å². The van der Waals surface area contributed by atoms with Crippen LogP contribution in [0.25, 0.3) is 17.2 Å². The van der Waals surface area contributed by atoms with Crippen LogP contribution in [-0.4, -0.2) is 23.5 Å². The first-order valence-corrected chi connectivity index (χ1v) is 13.2. The molecule has 0 radical (unpaired) electrons. The molecule has 0 unspecified atom stereocenters. The lowest BCUT2D eigenvalue weighted by molar-refractivity contribution is 0.317. The summed E-state index contributed by atoms with van der Waals surface area (Å²) in [7, 11) is 2.15. The van der Waals surface area contributed by atoms with Gasteiger partial charge in [0.15, 0.2) is 0 Å². The predicted octanol–water partition coefficient (Wildman–Crippen LogP) is 9.04. The highest BCUT2D eigenvalue weighted by atomic mass is 35.5. The highest BCUT2D eigenvalue weighted by Gasteiger charge is 2.15. The zero-order valence-electron chi connectivity index (χ0n) is 21.2. The molecule has 5 rings (SSSR count). The van der Waals surface area contributed by atoms with Gasteiger partial charge in [0.25, 0.3) is 0 Å². The van der Waals surface area contributed by atoms with Crippen LogP contribution in [0.5, 0.6) is 0 Å². The smallest absolute Gasteiger partial charge is 0.0934 e. The van der Waals surface area contributed by atoms with Gasteiger partial charge in [0.05, 0.1) is 4.34 Å². The van der Waals surface area contributed by atoms with E-state index >= 15 is 0 Å². The van der Waals surface area contributed by atoms with Gasteiger partial charge in [-0.3, -0.25) is 4.98 Å².